The number of methoxy groups -OCH3 is 1. The molecule has 15 heteroatoms. The third-order valence-electron chi connectivity index (χ3n) is 9.10. The van der Waals surface area contributed by atoms with Crippen LogP contribution in [0.4, 0.5) is 39.3 Å². The summed E-state index contributed by atoms with van der Waals surface area (Å²) in [4.78, 5) is 41.2. The highest BCUT2D eigenvalue weighted by molar-refractivity contribution is 7.70. The highest BCUT2D eigenvalue weighted by atomic mass is 35.5. The number of hydrogen-bond donors (Lipinski definition) is 3. The smallest absolute Gasteiger partial charge is 0.410 e. The van der Waals surface area contributed by atoms with Crippen LogP contribution in [0.1, 0.15) is 47.0 Å². The lowest BCUT2D eigenvalue weighted by molar-refractivity contribution is -0.111. The zero-order valence-electron chi connectivity index (χ0n) is 31.7. The quantitative estimate of drug-likeness (QED) is 0.134. The van der Waals surface area contributed by atoms with Gasteiger partial charge in [-0.1, -0.05) is 36.7 Å². The van der Waals surface area contributed by atoms with Gasteiger partial charge in [-0.05, 0) is 77.6 Å². The van der Waals surface area contributed by atoms with Crippen LogP contribution in [0.5, 0.6) is 5.75 Å². The lowest BCUT2D eigenvalue weighted by Gasteiger charge is -2.43. The van der Waals surface area contributed by atoms with Crippen molar-refractivity contribution in [3.8, 4) is 5.75 Å². The molecule has 0 bridgehead atoms. The van der Waals surface area contributed by atoms with Gasteiger partial charge in [0.15, 0.2) is 5.82 Å². The van der Waals surface area contributed by atoms with Gasteiger partial charge in [-0.15, -0.1) is 0 Å². The van der Waals surface area contributed by atoms with Crippen LogP contribution in [0, 0.1) is 0 Å². The molecule has 2 fully saturated rings. The maximum Gasteiger partial charge on any atom is 0.410 e. The molecule has 0 saturated carbocycles. The molecule has 2 aromatic carbocycles. The Morgan fingerprint density at radius 1 is 1.00 bits per heavy atom. The lowest BCUT2D eigenvalue weighted by atomic mass is 10.0. The number of amides is 2. The van der Waals surface area contributed by atoms with Crippen LogP contribution in [-0.2, 0) is 14.1 Å². The molecule has 3 aromatic rings. The number of carbonyl (C=O) groups excluding carboxylic acids is 2. The molecule has 2 amide bonds. The van der Waals surface area contributed by atoms with Crippen molar-refractivity contribution < 1.29 is 23.6 Å². The average molecular weight is 767 g/mol. The average Bonchev–Trinajstić information content (AvgIpc) is 3.11. The minimum absolute atomic E-state index is 0.237. The number of allylic oxidation sites excluding steroid dienone is 1. The highest BCUT2D eigenvalue weighted by Gasteiger charge is 2.32. The number of hydrogen-bond acceptors (Lipinski definition) is 11. The largest absolute Gasteiger partial charge is 0.494 e. The van der Waals surface area contributed by atoms with Crippen LogP contribution in [0.15, 0.2) is 54.7 Å². The summed E-state index contributed by atoms with van der Waals surface area (Å²) >= 11 is 6.51. The molecule has 0 atom stereocenters. The van der Waals surface area contributed by atoms with Gasteiger partial charge in [-0.3, -0.25) is 9.69 Å². The Labute approximate surface area is 317 Å². The number of ether oxygens (including phenoxy) is 2. The van der Waals surface area contributed by atoms with E-state index >= 15 is 0 Å². The maximum absolute atomic E-state index is 13.0. The fourth-order valence-electron chi connectivity index (χ4n) is 6.48. The van der Waals surface area contributed by atoms with Gasteiger partial charge >= 0.3 is 6.09 Å². The lowest BCUT2D eigenvalue weighted by Crippen LogP contribution is -2.55. The number of piperazine rings is 1. The van der Waals surface area contributed by atoms with E-state index in [2.05, 4.69) is 35.7 Å². The first kappa shape index (κ1) is 39.9. The Bertz CT molecular complexity index is 1850. The monoisotopic (exact) mass is 766 g/mol. The molecule has 3 heterocycles. The van der Waals surface area contributed by atoms with E-state index in [4.69, 9.17) is 21.1 Å². The summed E-state index contributed by atoms with van der Waals surface area (Å²) in [6.45, 7) is 15.5. The minimum Gasteiger partial charge on any atom is -0.494 e. The van der Waals surface area contributed by atoms with Gasteiger partial charge in [-0.25, -0.2) is 9.78 Å². The molecule has 286 valence electrons. The van der Waals surface area contributed by atoms with Crippen molar-refractivity contribution in [2.75, 3.05) is 80.6 Å². The van der Waals surface area contributed by atoms with Gasteiger partial charge < -0.3 is 39.8 Å². The molecule has 3 N–H and O–H groups in total. The molecule has 0 radical (unpaired) electrons. The van der Waals surface area contributed by atoms with Crippen LogP contribution in [0.3, 0.4) is 0 Å². The second-order valence-electron chi connectivity index (χ2n) is 14.6. The van der Waals surface area contributed by atoms with Crippen LogP contribution >= 0.6 is 18.7 Å². The van der Waals surface area contributed by atoms with Crippen molar-refractivity contribution in [3.05, 3.63) is 59.8 Å². The van der Waals surface area contributed by atoms with E-state index in [-0.39, 0.29) is 17.9 Å². The third kappa shape index (κ3) is 10.6. The summed E-state index contributed by atoms with van der Waals surface area (Å²) in [6, 6.07) is 11.5. The van der Waals surface area contributed by atoms with Gasteiger partial charge in [0.2, 0.25) is 11.9 Å². The molecular formula is C38H52ClN8O5P. The van der Waals surface area contributed by atoms with E-state index in [0.717, 1.165) is 51.1 Å². The summed E-state index contributed by atoms with van der Waals surface area (Å²) in [5, 5.41) is 10.5. The molecule has 13 nitrogen and oxygen atoms in total. The minimum atomic E-state index is -2.59. The van der Waals surface area contributed by atoms with E-state index in [1.165, 1.54) is 12.3 Å². The number of rotatable bonds is 11. The standard InChI is InChI=1S/C38H52ClN8O5P/c1-8-9-14-34(48)41-29-23-30(43-36-40-25-27(39)35(44-36)42-28-12-10-11-13-33(28)53(6,7)50)32(51-5)24-31(29)46-17-15-26(16-18-46)45-19-21-47(22-20-45)37(49)52-38(2,3)4/h9-14,23-26H,8,15-22H2,1-7H3,(H,41,48)(H2,40,42,43,44)/b14-9+. The number of carbonyl (C=O) groups is 2. The number of halogens is 1. The topological polar surface area (TPSA) is 141 Å². The molecule has 2 aliphatic heterocycles. The Kier molecular flexibility index (Phi) is 13.0. The van der Waals surface area contributed by atoms with E-state index in [0.29, 0.717) is 58.1 Å². The molecular weight excluding hydrogens is 715 g/mol. The van der Waals surface area contributed by atoms with Crippen LogP contribution in [0.2, 0.25) is 5.02 Å². The Morgan fingerprint density at radius 2 is 1.70 bits per heavy atom. The summed E-state index contributed by atoms with van der Waals surface area (Å²) < 4.78 is 24.4. The zero-order valence-corrected chi connectivity index (χ0v) is 33.4. The molecule has 0 spiro atoms. The Hall–Kier alpha value is -4.32. The first-order chi connectivity index (χ1) is 25.1. The second kappa shape index (κ2) is 17.2. The molecule has 0 aliphatic carbocycles. The molecule has 1 aromatic heterocycles. The Balaban J connectivity index is 1.34. The van der Waals surface area contributed by atoms with E-state index in [1.807, 2.05) is 70.2 Å². The Morgan fingerprint density at radius 3 is 2.34 bits per heavy atom. The first-order valence-electron chi connectivity index (χ1n) is 18.0. The van der Waals surface area contributed by atoms with Crippen LogP contribution in [-0.4, -0.2) is 103 Å². The summed E-state index contributed by atoms with van der Waals surface area (Å²) in [5.74, 6) is 0.887. The second-order valence-corrected chi connectivity index (χ2v) is 18.2. The summed E-state index contributed by atoms with van der Waals surface area (Å²) in [7, 11) is -1.000. The maximum atomic E-state index is 13.0. The molecule has 0 unspecified atom stereocenters. The van der Waals surface area contributed by atoms with Crippen molar-refractivity contribution in [2.24, 2.45) is 0 Å². The summed E-state index contributed by atoms with van der Waals surface area (Å²) in [6.07, 6.45) is 7.18. The van der Waals surface area contributed by atoms with Gasteiger partial charge in [0.1, 0.15) is 23.5 Å². The van der Waals surface area contributed by atoms with Crippen molar-refractivity contribution in [2.45, 2.75) is 58.6 Å². The van der Waals surface area contributed by atoms with Crippen LogP contribution < -0.4 is 30.9 Å². The fraction of sp³-hybridized carbons (Fsp3) is 0.474. The van der Waals surface area contributed by atoms with E-state index in [9.17, 15) is 14.2 Å². The van der Waals surface area contributed by atoms with Crippen molar-refractivity contribution in [3.63, 3.8) is 0 Å². The van der Waals surface area contributed by atoms with E-state index < -0.39 is 12.7 Å². The van der Waals surface area contributed by atoms with Crippen molar-refractivity contribution in [1.29, 1.82) is 0 Å². The number of aromatic nitrogens is 2. The van der Waals surface area contributed by atoms with Crippen molar-refractivity contribution >= 4 is 70.6 Å². The van der Waals surface area contributed by atoms with E-state index in [1.54, 1.807) is 25.3 Å². The number of anilines is 6. The van der Waals surface area contributed by atoms with Gasteiger partial charge in [0.05, 0.1) is 36.1 Å². The molecule has 53 heavy (non-hydrogen) atoms. The van der Waals surface area contributed by atoms with Gasteiger partial charge in [0.25, 0.3) is 0 Å². The number of benzene rings is 2. The van der Waals surface area contributed by atoms with Crippen LogP contribution in [0.25, 0.3) is 0 Å². The third-order valence-corrected chi connectivity index (χ3v) is 10.9. The molecule has 2 saturated heterocycles. The predicted molar refractivity (Wildman–Crippen MR) is 215 cm³/mol. The normalized spacial score (nSPS) is 16.1. The fourth-order valence-corrected chi connectivity index (χ4v) is 7.77. The van der Waals surface area contributed by atoms with Gasteiger partial charge in [-0.2, -0.15) is 4.98 Å². The highest BCUT2D eigenvalue weighted by Crippen LogP contribution is 2.41. The molecule has 5 rings (SSSR count). The number of piperidine rings is 1. The number of para-hydroxylation sites is 1. The SMILES string of the molecule is CC/C=C/C(=O)Nc1cc(Nc2ncc(Cl)c(Nc3ccccc3P(C)(C)=O)n2)c(OC)cc1N1CCC(N2CCN(C(=O)OC(C)(C)C)CC2)CC1. The summed E-state index contributed by atoms with van der Waals surface area (Å²) in [5.41, 5.74) is 2.14. The predicted octanol–water partition coefficient (Wildman–Crippen LogP) is 7.30. The van der Waals surface area contributed by atoms with Crippen molar-refractivity contribution in [1.82, 2.24) is 19.8 Å². The number of nitrogens with zero attached hydrogens (tertiary/aromatic N) is 5. The molecule has 2 aliphatic rings. The first-order valence-corrected chi connectivity index (χ1v) is 21.0. The zero-order chi connectivity index (χ0) is 38.3. The van der Waals surface area contributed by atoms with Gasteiger partial charge in [0, 0.05) is 56.7 Å². The number of nitrogens with one attached hydrogen (secondary N) is 3.